The second-order valence-electron chi connectivity index (χ2n) is 3.37. The lowest BCUT2D eigenvalue weighted by Crippen LogP contribution is -2.22. The van der Waals surface area contributed by atoms with Crippen LogP contribution in [0.15, 0.2) is 0 Å². The number of halogens is 1. The van der Waals surface area contributed by atoms with Gasteiger partial charge in [0.1, 0.15) is 10.0 Å². The second kappa shape index (κ2) is 5.60. The van der Waals surface area contributed by atoms with Gasteiger partial charge in [0.05, 0.1) is 6.10 Å². The molecule has 1 aromatic heterocycles. The van der Waals surface area contributed by atoms with Crippen molar-refractivity contribution in [3.63, 3.8) is 0 Å². The molecule has 0 spiro atoms. The van der Waals surface area contributed by atoms with Gasteiger partial charge in [-0.15, -0.1) is 5.10 Å². The topological polar surface area (TPSA) is 49.2 Å². The molecule has 0 aromatic carbocycles. The maximum atomic E-state index is 9.10. The van der Waals surface area contributed by atoms with E-state index in [1.165, 1.54) is 11.5 Å². The molecule has 1 unspecified atom stereocenters. The molecule has 0 aliphatic heterocycles. The van der Waals surface area contributed by atoms with Crippen LogP contribution in [0, 0.1) is 0 Å². The third-order valence-corrected chi connectivity index (χ3v) is 2.84. The Morgan fingerprint density at radius 1 is 1.64 bits per heavy atom. The Balaban J connectivity index is 2.34. The predicted molar refractivity (Wildman–Crippen MR) is 57.6 cm³/mol. The molecular weight excluding hydrogens is 222 g/mol. The first-order chi connectivity index (χ1) is 6.59. The summed E-state index contributed by atoms with van der Waals surface area (Å²) in [5.74, 6) is 0. The van der Waals surface area contributed by atoms with Crippen LogP contribution in [0.5, 0.6) is 0 Å². The smallest absolute Gasteiger partial charge is 0.138 e. The van der Waals surface area contributed by atoms with Gasteiger partial charge in [-0.3, -0.25) is 0 Å². The van der Waals surface area contributed by atoms with Gasteiger partial charge < -0.3 is 10.0 Å². The monoisotopic (exact) mass is 235 g/mol. The number of hydrogen-bond donors (Lipinski definition) is 1. The zero-order valence-corrected chi connectivity index (χ0v) is 9.85. The summed E-state index contributed by atoms with van der Waals surface area (Å²) in [5.41, 5.74) is 0.810. The maximum absolute atomic E-state index is 9.10. The quantitative estimate of drug-likeness (QED) is 0.838. The molecule has 0 fully saturated rings. The highest BCUT2D eigenvalue weighted by Crippen LogP contribution is 2.18. The van der Waals surface area contributed by atoms with Crippen molar-refractivity contribution in [3.8, 4) is 0 Å². The predicted octanol–water partition coefficient (Wildman–Crippen LogP) is 1.39. The Morgan fingerprint density at radius 3 is 2.86 bits per heavy atom. The van der Waals surface area contributed by atoms with E-state index in [9.17, 15) is 0 Å². The molecule has 80 valence electrons. The summed E-state index contributed by atoms with van der Waals surface area (Å²) >= 11 is 7.06. The number of aliphatic hydroxyl groups excluding tert-OH is 1. The van der Waals surface area contributed by atoms with Gasteiger partial charge in [0.2, 0.25) is 0 Å². The van der Waals surface area contributed by atoms with Crippen LogP contribution >= 0.6 is 23.1 Å². The minimum Gasteiger partial charge on any atom is -0.393 e. The molecular formula is C8H14ClN3OS. The van der Waals surface area contributed by atoms with Crippen molar-refractivity contribution in [3.05, 3.63) is 10.0 Å². The van der Waals surface area contributed by atoms with Gasteiger partial charge in [-0.2, -0.15) is 0 Å². The van der Waals surface area contributed by atoms with E-state index < -0.39 is 0 Å². The van der Waals surface area contributed by atoms with Gasteiger partial charge in [0.25, 0.3) is 0 Å². The number of rotatable bonds is 5. The molecule has 1 N–H and O–H groups in total. The average Bonchev–Trinajstić information content (AvgIpc) is 2.49. The minimum atomic E-state index is -0.263. The summed E-state index contributed by atoms with van der Waals surface area (Å²) in [5, 5.41) is 13.0. The third kappa shape index (κ3) is 3.88. The highest BCUT2D eigenvalue weighted by molar-refractivity contribution is 7.10. The lowest BCUT2D eigenvalue weighted by atomic mass is 10.3. The Hall–Kier alpha value is -0.230. The van der Waals surface area contributed by atoms with Gasteiger partial charge >= 0.3 is 0 Å². The fourth-order valence-corrected chi connectivity index (χ4v) is 1.65. The molecule has 4 nitrogen and oxygen atoms in total. The van der Waals surface area contributed by atoms with Crippen LogP contribution < -0.4 is 0 Å². The van der Waals surface area contributed by atoms with Gasteiger partial charge in [0.15, 0.2) is 0 Å². The molecule has 14 heavy (non-hydrogen) atoms. The Morgan fingerprint density at radius 2 is 2.36 bits per heavy atom. The van der Waals surface area contributed by atoms with E-state index in [1.807, 2.05) is 7.05 Å². The Kier molecular flexibility index (Phi) is 4.74. The molecule has 0 amide bonds. The van der Waals surface area contributed by atoms with E-state index in [2.05, 4.69) is 14.5 Å². The molecule has 1 rings (SSSR count). The highest BCUT2D eigenvalue weighted by atomic mass is 35.5. The number of aromatic nitrogens is 2. The van der Waals surface area contributed by atoms with E-state index in [1.54, 1.807) is 6.92 Å². The summed E-state index contributed by atoms with van der Waals surface area (Å²) in [7, 11) is 1.97. The fraction of sp³-hybridized carbons (Fsp3) is 0.750. The van der Waals surface area contributed by atoms with Gasteiger partial charge in [-0.1, -0.05) is 16.1 Å². The third-order valence-electron chi connectivity index (χ3n) is 1.86. The lowest BCUT2D eigenvalue weighted by molar-refractivity contribution is 0.162. The maximum Gasteiger partial charge on any atom is 0.138 e. The van der Waals surface area contributed by atoms with E-state index in [4.69, 9.17) is 16.7 Å². The second-order valence-corrected chi connectivity index (χ2v) is 4.73. The van der Waals surface area contributed by atoms with Gasteiger partial charge in [0, 0.05) is 24.6 Å². The normalized spacial score (nSPS) is 13.5. The van der Waals surface area contributed by atoms with Crippen LogP contribution in [0.1, 0.15) is 19.0 Å². The van der Waals surface area contributed by atoms with Gasteiger partial charge in [-0.05, 0) is 20.4 Å². The summed E-state index contributed by atoms with van der Waals surface area (Å²) in [4.78, 5) is 2.06. The Bertz CT molecular complexity index is 279. The van der Waals surface area contributed by atoms with E-state index in [0.717, 1.165) is 18.7 Å². The zero-order chi connectivity index (χ0) is 10.6. The van der Waals surface area contributed by atoms with Crippen molar-refractivity contribution in [1.29, 1.82) is 0 Å². The van der Waals surface area contributed by atoms with Crippen LogP contribution in [-0.4, -0.2) is 39.3 Å². The Labute approximate surface area is 92.7 Å². The van der Waals surface area contributed by atoms with Crippen molar-refractivity contribution >= 4 is 23.1 Å². The lowest BCUT2D eigenvalue weighted by Gasteiger charge is -2.15. The van der Waals surface area contributed by atoms with Crippen LogP contribution in [0.3, 0.4) is 0 Å². The van der Waals surface area contributed by atoms with Crippen molar-refractivity contribution < 1.29 is 5.11 Å². The molecule has 6 heteroatoms. The van der Waals surface area contributed by atoms with E-state index in [0.29, 0.717) is 10.9 Å². The summed E-state index contributed by atoms with van der Waals surface area (Å²) in [6.07, 6.45) is 0.493. The van der Waals surface area contributed by atoms with Crippen molar-refractivity contribution in [1.82, 2.24) is 14.5 Å². The standard InChI is InChI=1S/C8H14ClN3OS/c1-6(13)3-4-12(2)5-7-8(9)14-11-10-7/h6,13H,3-5H2,1-2H3. The van der Waals surface area contributed by atoms with Crippen molar-refractivity contribution in [2.45, 2.75) is 26.0 Å². The summed E-state index contributed by atoms with van der Waals surface area (Å²) < 4.78 is 4.40. The fourth-order valence-electron chi connectivity index (χ4n) is 1.03. The number of nitrogens with zero attached hydrogens (tertiary/aromatic N) is 3. The SMILES string of the molecule is CC(O)CCN(C)Cc1nnsc1Cl. The van der Waals surface area contributed by atoms with E-state index >= 15 is 0 Å². The zero-order valence-electron chi connectivity index (χ0n) is 8.27. The van der Waals surface area contributed by atoms with Crippen LogP contribution in [0.25, 0.3) is 0 Å². The first kappa shape index (κ1) is 11.8. The first-order valence-corrected chi connectivity index (χ1v) is 5.58. The highest BCUT2D eigenvalue weighted by Gasteiger charge is 2.08. The molecule has 0 saturated carbocycles. The van der Waals surface area contributed by atoms with Gasteiger partial charge in [-0.25, -0.2) is 0 Å². The van der Waals surface area contributed by atoms with Crippen LogP contribution in [0.2, 0.25) is 4.34 Å². The van der Waals surface area contributed by atoms with Crippen molar-refractivity contribution in [2.75, 3.05) is 13.6 Å². The molecule has 0 radical (unpaired) electrons. The van der Waals surface area contributed by atoms with E-state index in [-0.39, 0.29) is 6.10 Å². The van der Waals surface area contributed by atoms with Crippen molar-refractivity contribution in [2.24, 2.45) is 0 Å². The molecule has 1 aromatic rings. The van der Waals surface area contributed by atoms with Crippen LogP contribution in [-0.2, 0) is 6.54 Å². The molecule has 0 aliphatic carbocycles. The molecule has 0 saturated heterocycles. The molecule has 0 aliphatic rings. The largest absolute Gasteiger partial charge is 0.393 e. The number of hydrogen-bond acceptors (Lipinski definition) is 5. The molecule has 0 bridgehead atoms. The number of aliphatic hydroxyl groups is 1. The molecule has 1 heterocycles. The minimum absolute atomic E-state index is 0.263. The van der Waals surface area contributed by atoms with Crippen LogP contribution in [0.4, 0.5) is 0 Å². The average molecular weight is 236 g/mol. The first-order valence-electron chi connectivity index (χ1n) is 4.43. The summed E-state index contributed by atoms with van der Waals surface area (Å²) in [6.45, 7) is 3.29. The summed E-state index contributed by atoms with van der Waals surface area (Å²) in [6, 6.07) is 0. The molecule has 1 atom stereocenters.